The second-order valence-corrected chi connectivity index (χ2v) is 6.11. The first-order chi connectivity index (χ1) is 11.6. The van der Waals surface area contributed by atoms with Crippen LogP contribution in [0, 0.1) is 6.92 Å². The van der Waals surface area contributed by atoms with Gasteiger partial charge in [-0.25, -0.2) is 9.97 Å². The average molecular weight is 383 g/mol. The number of aromatic nitrogens is 2. The summed E-state index contributed by atoms with van der Waals surface area (Å²) in [5.41, 5.74) is 2.93. The van der Waals surface area contributed by atoms with Crippen molar-refractivity contribution in [3.8, 4) is 0 Å². The van der Waals surface area contributed by atoms with Crippen LogP contribution in [0.3, 0.4) is 0 Å². The van der Waals surface area contributed by atoms with Crippen molar-refractivity contribution in [3.05, 3.63) is 76.7 Å². The lowest BCUT2D eigenvalue weighted by Crippen LogP contribution is -2.15. The molecule has 1 aromatic heterocycles. The molecular weight excluding hydrogens is 368 g/mol. The summed E-state index contributed by atoms with van der Waals surface area (Å²) in [5, 5.41) is 6.02. The zero-order chi connectivity index (χ0) is 16.9. The molecule has 0 aliphatic heterocycles. The smallest absolute Gasteiger partial charge is 0.274 e. The van der Waals surface area contributed by atoms with Gasteiger partial charge in [-0.2, -0.15) is 0 Å². The van der Waals surface area contributed by atoms with Crippen molar-refractivity contribution in [1.29, 1.82) is 0 Å². The standard InChI is InChI=1S/C18H15BrN4O/c1-12-5-2-3-8-15(12)23-18(24)16-10-17(21-11-20-16)22-14-7-4-6-13(19)9-14/h2-11H,1H3,(H,23,24)(H,20,21,22). The zero-order valence-electron chi connectivity index (χ0n) is 13.0. The van der Waals surface area contributed by atoms with Gasteiger partial charge in [0.1, 0.15) is 17.8 Å². The summed E-state index contributed by atoms with van der Waals surface area (Å²) in [7, 11) is 0. The Balaban J connectivity index is 1.77. The van der Waals surface area contributed by atoms with Crippen LogP contribution in [0.5, 0.6) is 0 Å². The normalized spacial score (nSPS) is 10.2. The van der Waals surface area contributed by atoms with Gasteiger partial charge < -0.3 is 10.6 Å². The molecule has 2 N–H and O–H groups in total. The zero-order valence-corrected chi connectivity index (χ0v) is 14.5. The quantitative estimate of drug-likeness (QED) is 0.694. The molecule has 0 atom stereocenters. The van der Waals surface area contributed by atoms with Crippen LogP contribution in [0.4, 0.5) is 17.2 Å². The number of carbonyl (C=O) groups excluding carboxylic acids is 1. The number of halogens is 1. The molecule has 0 radical (unpaired) electrons. The van der Waals surface area contributed by atoms with Gasteiger partial charge in [0.2, 0.25) is 0 Å². The van der Waals surface area contributed by atoms with Crippen LogP contribution in [-0.4, -0.2) is 15.9 Å². The van der Waals surface area contributed by atoms with Gasteiger partial charge >= 0.3 is 0 Å². The Bertz CT molecular complexity index is 882. The minimum atomic E-state index is -0.274. The van der Waals surface area contributed by atoms with E-state index in [1.807, 2.05) is 55.5 Å². The van der Waals surface area contributed by atoms with Gasteiger partial charge in [-0.3, -0.25) is 4.79 Å². The summed E-state index contributed by atoms with van der Waals surface area (Å²) in [6.07, 6.45) is 1.37. The fourth-order valence-corrected chi connectivity index (χ4v) is 2.56. The molecule has 1 amide bonds. The van der Waals surface area contributed by atoms with E-state index in [9.17, 15) is 4.79 Å². The van der Waals surface area contributed by atoms with Crippen molar-refractivity contribution < 1.29 is 4.79 Å². The van der Waals surface area contributed by atoms with Crippen LogP contribution in [0.2, 0.25) is 0 Å². The Labute approximate surface area is 148 Å². The molecule has 24 heavy (non-hydrogen) atoms. The van der Waals surface area contributed by atoms with Gasteiger partial charge in [-0.05, 0) is 36.8 Å². The highest BCUT2D eigenvalue weighted by Gasteiger charge is 2.10. The van der Waals surface area contributed by atoms with Crippen molar-refractivity contribution in [1.82, 2.24) is 9.97 Å². The number of nitrogens with zero attached hydrogens (tertiary/aromatic N) is 2. The number of benzene rings is 2. The molecule has 6 heteroatoms. The van der Waals surface area contributed by atoms with Crippen LogP contribution in [-0.2, 0) is 0 Å². The summed E-state index contributed by atoms with van der Waals surface area (Å²) in [6, 6.07) is 16.9. The largest absolute Gasteiger partial charge is 0.340 e. The maximum absolute atomic E-state index is 12.4. The first-order valence-electron chi connectivity index (χ1n) is 7.33. The van der Waals surface area contributed by atoms with Gasteiger partial charge in [0.05, 0.1) is 0 Å². The van der Waals surface area contributed by atoms with Crippen LogP contribution in [0.1, 0.15) is 16.1 Å². The van der Waals surface area contributed by atoms with E-state index in [2.05, 4.69) is 36.5 Å². The Hall–Kier alpha value is -2.73. The number of aryl methyl sites for hydroxylation is 1. The molecule has 0 spiro atoms. The maximum Gasteiger partial charge on any atom is 0.274 e. The molecule has 1 heterocycles. The van der Waals surface area contributed by atoms with Crippen LogP contribution >= 0.6 is 15.9 Å². The van der Waals surface area contributed by atoms with E-state index in [0.29, 0.717) is 11.5 Å². The van der Waals surface area contributed by atoms with E-state index < -0.39 is 0 Å². The third-order valence-corrected chi connectivity index (χ3v) is 3.88. The third-order valence-electron chi connectivity index (χ3n) is 3.39. The van der Waals surface area contributed by atoms with Gasteiger partial charge in [-0.15, -0.1) is 0 Å². The monoisotopic (exact) mass is 382 g/mol. The lowest BCUT2D eigenvalue weighted by molar-refractivity contribution is 0.102. The fraction of sp³-hybridized carbons (Fsp3) is 0.0556. The van der Waals surface area contributed by atoms with Crippen molar-refractivity contribution in [2.45, 2.75) is 6.92 Å². The number of nitrogens with one attached hydrogen (secondary N) is 2. The van der Waals surface area contributed by atoms with E-state index in [0.717, 1.165) is 21.4 Å². The highest BCUT2D eigenvalue weighted by Crippen LogP contribution is 2.20. The van der Waals surface area contributed by atoms with E-state index in [-0.39, 0.29) is 5.91 Å². The van der Waals surface area contributed by atoms with Crippen molar-refractivity contribution >= 4 is 39.0 Å². The first kappa shape index (κ1) is 16.1. The second kappa shape index (κ2) is 7.23. The number of rotatable bonds is 4. The molecule has 0 fully saturated rings. The molecule has 0 aliphatic rings. The van der Waals surface area contributed by atoms with Gasteiger partial charge in [0, 0.05) is 21.9 Å². The van der Waals surface area contributed by atoms with E-state index in [4.69, 9.17) is 0 Å². The Kier molecular flexibility index (Phi) is 4.86. The van der Waals surface area contributed by atoms with Gasteiger partial charge in [0.25, 0.3) is 5.91 Å². The average Bonchev–Trinajstić information content (AvgIpc) is 2.57. The van der Waals surface area contributed by atoms with Gasteiger partial charge in [0.15, 0.2) is 0 Å². The number of carbonyl (C=O) groups is 1. The molecule has 5 nitrogen and oxygen atoms in total. The molecule has 0 saturated carbocycles. The fourth-order valence-electron chi connectivity index (χ4n) is 2.16. The highest BCUT2D eigenvalue weighted by molar-refractivity contribution is 9.10. The highest BCUT2D eigenvalue weighted by atomic mass is 79.9. The number of amides is 1. The number of para-hydroxylation sites is 1. The maximum atomic E-state index is 12.4. The van der Waals surface area contributed by atoms with E-state index in [1.54, 1.807) is 6.07 Å². The van der Waals surface area contributed by atoms with E-state index in [1.165, 1.54) is 6.33 Å². The molecule has 2 aromatic carbocycles. The lowest BCUT2D eigenvalue weighted by Gasteiger charge is -2.09. The summed E-state index contributed by atoms with van der Waals surface area (Å²) in [6.45, 7) is 1.94. The first-order valence-corrected chi connectivity index (χ1v) is 8.13. The molecule has 0 aliphatic carbocycles. The minimum Gasteiger partial charge on any atom is -0.340 e. The van der Waals surface area contributed by atoms with Crippen molar-refractivity contribution in [2.24, 2.45) is 0 Å². The second-order valence-electron chi connectivity index (χ2n) is 5.19. The SMILES string of the molecule is Cc1ccccc1NC(=O)c1cc(Nc2cccc(Br)c2)ncn1. The molecule has 0 unspecified atom stereocenters. The topological polar surface area (TPSA) is 66.9 Å². The summed E-state index contributed by atoms with van der Waals surface area (Å²) >= 11 is 3.42. The Morgan fingerprint density at radius 2 is 1.88 bits per heavy atom. The molecule has 0 bridgehead atoms. The van der Waals surface area contributed by atoms with Crippen LogP contribution in [0.25, 0.3) is 0 Å². The van der Waals surface area contributed by atoms with Gasteiger partial charge in [-0.1, -0.05) is 40.2 Å². The van der Waals surface area contributed by atoms with Crippen molar-refractivity contribution in [3.63, 3.8) is 0 Å². The number of hydrogen-bond acceptors (Lipinski definition) is 4. The third kappa shape index (κ3) is 3.97. The molecular formula is C18H15BrN4O. The summed E-state index contributed by atoms with van der Waals surface area (Å²) in [5.74, 6) is 0.280. The van der Waals surface area contributed by atoms with Crippen molar-refractivity contribution in [2.75, 3.05) is 10.6 Å². The lowest BCUT2D eigenvalue weighted by atomic mass is 10.2. The molecule has 120 valence electrons. The summed E-state index contributed by atoms with van der Waals surface area (Å²) < 4.78 is 0.957. The summed E-state index contributed by atoms with van der Waals surface area (Å²) in [4.78, 5) is 20.6. The van der Waals surface area contributed by atoms with Crippen LogP contribution in [0.15, 0.2) is 65.4 Å². The minimum absolute atomic E-state index is 0.274. The molecule has 3 aromatic rings. The number of hydrogen-bond donors (Lipinski definition) is 2. The predicted molar refractivity (Wildman–Crippen MR) is 98.6 cm³/mol. The van der Waals surface area contributed by atoms with E-state index >= 15 is 0 Å². The van der Waals surface area contributed by atoms with Crippen LogP contribution < -0.4 is 10.6 Å². The molecule has 3 rings (SSSR count). The number of anilines is 3. The Morgan fingerprint density at radius 1 is 1.04 bits per heavy atom. The predicted octanol–water partition coefficient (Wildman–Crippen LogP) is 4.54. The Morgan fingerprint density at radius 3 is 2.67 bits per heavy atom. The molecule has 0 saturated heterocycles.